The molecule has 0 unspecified atom stereocenters. The summed E-state index contributed by atoms with van der Waals surface area (Å²) in [5, 5.41) is 25.2. The van der Waals surface area contributed by atoms with Crippen molar-refractivity contribution in [3.05, 3.63) is 35.7 Å². The number of nitrogens with zero attached hydrogens (tertiary/aromatic N) is 2. The predicted octanol–water partition coefficient (Wildman–Crippen LogP) is 2.70. The van der Waals surface area contributed by atoms with Gasteiger partial charge in [0.2, 0.25) is 0 Å². The zero-order chi connectivity index (χ0) is 24.0. The van der Waals surface area contributed by atoms with E-state index in [1.54, 1.807) is 0 Å². The van der Waals surface area contributed by atoms with Crippen LogP contribution in [0.15, 0.2) is 18.2 Å². The fourth-order valence-electron chi connectivity index (χ4n) is 1.74. The molecule has 3 rings (SSSR count). The lowest BCUT2D eigenvalue weighted by Gasteiger charge is -2.24. The zero-order valence-corrected chi connectivity index (χ0v) is 14.9. The van der Waals surface area contributed by atoms with Crippen molar-refractivity contribution in [3.8, 4) is 11.4 Å². The Morgan fingerprint density at radius 2 is 1.42 bits per heavy atom. The molecule has 2 aromatic rings. The summed E-state index contributed by atoms with van der Waals surface area (Å²) < 4.78 is 89.7. The SMILES string of the molecule is Fc1ccc(-c2nnc(C3CNC3)[nH]2)c(F)c1.O=C(O)C(F)(F)F.O=C(O)C(F)(F)F. The molecule has 2 heterocycles. The van der Waals surface area contributed by atoms with E-state index < -0.39 is 35.9 Å². The molecule has 1 aromatic carbocycles. The molecule has 1 aromatic heterocycles. The second-order valence-corrected chi connectivity index (χ2v) is 5.64. The first kappa shape index (κ1) is 25.7. The van der Waals surface area contributed by atoms with E-state index in [-0.39, 0.29) is 5.56 Å². The van der Waals surface area contributed by atoms with Crippen LogP contribution in [0.1, 0.15) is 11.7 Å². The summed E-state index contributed by atoms with van der Waals surface area (Å²) in [6, 6.07) is 3.39. The number of halogens is 8. The van der Waals surface area contributed by atoms with Crippen molar-refractivity contribution in [2.24, 2.45) is 0 Å². The number of hydrogen-bond donors (Lipinski definition) is 4. The monoisotopic (exact) mass is 464 g/mol. The lowest BCUT2D eigenvalue weighted by Crippen LogP contribution is -2.40. The number of carboxylic acid groups (broad SMARTS) is 2. The highest BCUT2D eigenvalue weighted by Gasteiger charge is 2.38. The van der Waals surface area contributed by atoms with Crippen LogP contribution in [0.2, 0.25) is 0 Å². The highest BCUT2D eigenvalue weighted by atomic mass is 19.4. The molecule has 1 fully saturated rings. The Morgan fingerprint density at radius 1 is 0.935 bits per heavy atom. The molecule has 4 N–H and O–H groups in total. The molecule has 1 aliphatic rings. The van der Waals surface area contributed by atoms with Crippen LogP contribution in [0, 0.1) is 11.6 Å². The Labute approximate surface area is 166 Å². The molecular formula is C15H12F8N4O4. The number of rotatable bonds is 2. The summed E-state index contributed by atoms with van der Waals surface area (Å²) in [6.07, 6.45) is -10.2. The lowest BCUT2D eigenvalue weighted by atomic mass is 10.0. The molecule has 0 aliphatic carbocycles. The van der Waals surface area contributed by atoms with E-state index >= 15 is 0 Å². The first-order valence-electron chi connectivity index (χ1n) is 7.81. The van der Waals surface area contributed by atoms with E-state index in [1.807, 2.05) is 0 Å². The molecule has 0 bridgehead atoms. The number of benzene rings is 1. The van der Waals surface area contributed by atoms with Gasteiger partial charge in [-0.2, -0.15) is 26.3 Å². The first-order chi connectivity index (χ1) is 14.1. The van der Waals surface area contributed by atoms with Crippen LogP contribution in [0.3, 0.4) is 0 Å². The molecule has 1 aliphatic heterocycles. The van der Waals surface area contributed by atoms with Crippen molar-refractivity contribution < 1.29 is 54.9 Å². The Balaban J connectivity index is 0.000000288. The second-order valence-electron chi connectivity index (χ2n) is 5.64. The van der Waals surface area contributed by atoms with Gasteiger partial charge < -0.3 is 20.5 Å². The minimum atomic E-state index is -5.08. The van der Waals surface area contributed by atoms with Crippen molar-refractivity contribution >= 4 is 11.9 Å². The van der Waals surface area contributed by atoms with Crippen LogP contribution in [-0.2, 0) is 9.59 Å². The molecule has 16 heteroatoms. The standard InChI is InChI=1S/C11H10F2N4.2C2HF3O2/c12-7-1-2-8(9(13)3-7)11-15-10(16-17-11)6-4-14-5-6;2*3-2(4,5)1(6)7/h1-3,6,14H,4-5H2,(H,15,16,17);2*(H,6,7). The van der Waals surface area contributed by atoms with E-state index in [2.05, 4.69) is 20.5 Å². The number of H-pyrrole nitrogens is 1. The van der Waals surface area contributed by atoms with E-state index in [9.17, 15) is 35.1 Å². The van der Waals surface area contributed by atoms with Gasteiger partial charge in [-0.1, -0.05) is 0 Å². The summed E-state index contributed by atoms with van der Waals surface area (Å²) in [5.74, 6) is -5.37. The molecule has 31 heavy (non-hydrogen) atoms. The third kappa shape index (κ3) is 8.15. The average molecular weight is 464 g/mol. The van der Waals surface area contributed by atoms with Crippen molar-refractivity contribution in [3.63, 3.8) is 0 Å². The fourth-order valence-corrected chi connectivity index (χ4v) is 1.74. The fraction of sp³-hybridized carbons (Fsp3) is 0.333. The summed E-state index contributed by atoms with van der Waals surface area (Å²) >= 11 is 0. The number of aliphatic carboxylic acids is 2. The number of alkyl halides is 6. The summed E-state index contributed by atoms with van der Waals surface area (Å²) in [5.41, 5.74) is 0.234. The van der Waals surface area contributed by atoms with Crippen LogP contribution in [0.5, 0.6) is 0 Å². The molecule has 0 saturated carbocycles. The summed E-state index contributed by atoms with van der Waals surface area (Å²) in [4.78, 5) is 20.8. The van der Waals surface area contributed by atoms with Crippen LogP contribution in [-0.4, -0.2) is 62.8 Å². The molecule has 0 atom stereocenters. The maximum Gasteiger partial charge on any atom is 0.490 e. The average Bonchev–Trinajstić information content (AvgIpc) is 3.01. The number of carboxylic acids is 2. The Bertz CT molecular complexity index is 885. The minimum Gasteiger partial charge on any atom is -0.475 e. The van der Waals surface area contributed by atoms with Gasteiger partial charge in [0.15, 0.2) is 5.82 Å². The smallest absolute Gasteiger partial charge is 0.475 e. The van der Waals surface area contributed by atoms with Crippen molar-refractivity contribution in [2.75, 3.05) is 13.1 Å². The highest BCUT2D eigenvalue weighted by molar-refractivity contribution is 5.73. The van der Waals surface area contributed by atoms with Crippen molar-refractivity contribution in [2.45, 2.75) is 18.3 Å². The minimum absolute atomic E-state index is 0.234. The Kier molecular flexibility index (Phi) is 8.42. The summed E-state index contributed by atoms with van der Waals surface area (Å²) in [7, 11) is 0. The van der Waals surface area contributed by atoms with Crippen molar-refractivity contribution in [1.29, 1.82) is 0 Å². The number of carbonyl (C=O) groups is 2. The van der Waals surface area contributed by atoms with E-state index in [1.165, 1.54) is 12.1 Å². The number of aromatic nitrogens is 3. The largest absolute Gasteiger partial charge is 0.490 e. The molecular weight excluding hydrogens is 452 g/mol. The molecule has 0 amide bonds. The normalized spacial score (nSPS) is 13.8. The van der Waals surface area contributed by atoms with Gasteiger partial charge in [-0.25, -0.2) is 18.4 Å². The van der Waals surface area contributed by atoms with Gasteiger partial charge in [0.1, 0.15) is 17.5 Å². The number of hydrogen-bond acceptors (Lipinski definition) is 5. The third-order valence-electron chi connectivity index (χ3n) is 3.34. The summed E-state index contributed by atoms with van der Waals surface area (Å²) in [6.45, 7) is 1.70. The van der Waals surface area contributed by atoms with E-state index in [0.717, 1.165) is 25.0 Å². The van der Waals surface area contributed by atoms with Gasteiger partial charge in [0.05, 0.1) is 5.56 Å². The zero-order valence-electron chi connectivity index (χ0n) is 14.9. The third-order valence-corrected chi connectivity index (χ3v) is 3.34. The number of aromatic amines is 1. The maximum atomic E-state index is 13.5. The van der Waals surface area contributed by atoms with Gasteiger partial charge in [-0.15, -0.1) is 10.2 Å². The van der Waals surface area contributed by atoms with E-state index in [0.29, 0.717) is 11.7 Å². The first-order valence-corrected chi connectivity index (χ1v) is 7.81. The molecule has 0 radical (unpaired) electrons. The second kappa shape index (κ2) is 10.1. The van der Waals surface area contributed by atoms with Gasteiger partial charge in [0, 0.05) is 25.1 Å². The molecule has 172 valence electrons. The van der Waals surface area contributed by atoms with Gasteiger partial charge in [-0.3, -0.25) is 0 Å². The molecule has 1 saturated heterocycles. The van der Waals surface area contributed by atoms with Crippen LogP contribution >= 0.6 is 0 Å². The topological polar surface area (TPSA) is 128 Å². The van der Waals surface area contributed by atoms with Crippen LogP contribution < -0.4 is 5.32 Å². The van der Waals surface area contributed by atoms with Crippen molar-refractivity contribution in [1.82, 2.24) is 20.5 Å². The van der Waals surface area contributed by atoms with Crippen LogP contribution in [0.4, 0.5) is 35.1 Å². The highest BCUT2D eigenvalue weighted by Crippen LogP contribution is 2.22. The van der Waals surface area contributed by atoms with E-state index in [4.69, 9.17) is 19.8 Å². The Hall–Kier alpha value is -3.30. The van der Waals surface area contributed by atoms with Crippen LogP contribution in [0.25, 0.3) is 11.4 Å². The molecule has 0 spiro atoms. The van der Waals surface area contributed by atoms with Gasteiger partial charge in [0.25, 0.3) is 0 Å². The number of nitrogens with one attached hydrogen (secondary N) is 2. The lowest BCUT2D eigenvalue weighted by molar-refractivity contribution is -0.193. The predicted molar refractivity (Wildman–Crippen MR) is 84.7 cm³/mol. The van der Waals surface area contributed by atoms with Gasteiger partial charge >= 0.3 is 24.3 Å². The Morgan fingerprint density at radius 3 is 1.77 bits per heavy atom. The quantitative estimate of drug-likeness (QED) is 0.503. The maximum absolute atomic E-state index is 13.5. The molecule has 8 nitrogen and oxygen atoms in total. The van der Waals surface area contributed by atoms with Gasteiger partial charge in [-0.05, 0) is 12.1 Å².